The second-order valence-corrected chi connectivity index (χ2v) is 5.12. The minimum Gasteiger partial charge on any atom is -0.493 e. The Balaban J connectivity index is 2.33. The van der Waals surface area contributed by atoms with Gasteiger partial charge in [-0.3, -0.25) is 0 Å². The van der Waals surface area contributed by atoms with Crippen molar-refractivity contribution in [2.24, 2.45) is 0 Å². The molecular formula is C17H28O4. The van der Waals surface area contributed by atoms with Crippen LogP contribution in [0.25, 0.3) is 0 Å². The molecule has 120 valence electrons. The predicted octanol–water partition coefficient (Wildman–Crippen LogP) is 3.72. The first-order chi connectivity index (χ1) is 10.2. The van der Waals surface area contributed by atoms with Gasteiger partial charge < -0.3 is 19.3 Å². The molecule has 0 heterocycles. The fourth-order valence-corrected chi connectivity index (χ4v) is 2.16. The molecule has 0 saturated heterocycles. The Morgan fingerprint density at radius 1 is 1.00 bits per heavy atom. The van der Waals surface area contributed by atoms with Gasteiger partial charge in [-0.25, -0.2) is 0 Å². The van der Waals surface area contributed by atoms with Crippen LogP contribution in [0, 0.1) is 0 Å². The number of ether oxygens (including phenoxy) is 3. The van der Waals surface area contributed by atoms with Gasteiger partial charge in [0.1, 0.15) is 6.10 Å². The van der Waals surface area contributed by atoms with Crippen LogP contribution in [0.3, 0.4) is 0 Å². The van der Waals surface area contributed by atoms with E-state index in [0.717, 1.165) is 12.0 Å². The van der Waals surface area contributed by atoms with E-state index in [2.05, 4.69) is 6.92 Å². The van der Waals surface area contributed by atoms with E-state index < -0.39 is 6.10 Å². The highest BCUT2D eigenvalue weighted by Gasteiger charge is 2.11. The number of rotatable bonds is 11. The van der Waals surface area contributed by atoms with Crippen molar-refractivity contribution in [2.75, 3.05) is 27.4 Å². The van der Waals surface area contributed by atoms with Crippen LogP contribution in [-0.4, -0.2) is 32.5 Å². The Morgan fingerprint density at radius 3 is 2.38 bits per heavy atom. The first-order valence-electron chi connectivity index (χ1n) is 7.70. The monoisotopic (exact) mass is 296 g/mol. The Morgan fingerprint density at radius 2 is 1.71 bits per heavy atom. The molecule has 1 rings (SSSR count). The van der Waals surface area contributed by atoms with Gasteiger partial charge in [0.25, 0.3) is 0 Å². The number of aliphatic hydroxyl groups is 1. The molecule has 1 unspecified atom stereocenters. The first kappa shape index (κ1) is 17.8. The molecule has 0 bridgehead atoms. The zero-order valence-electron chi connectivity index (χ0n) is 13.4. The average Bonchev–Trinajstić information content (AvgIpc) is 2.53. The Labute approximate surface area is 128 Å². The summed E-state index contributed by atoms with van der Waals surface area (Å²) in [6.07, 6.45) is 5.41. The summed E-state index contributed by atoms with van der Waals surface area (Å²) in [5.41, 5.74) is 0.777. The molecule has 0 radical (unpaired) electrons. The van der Waals surface area contributed by atoms with Crippen molar-refractivity contribution in [1.29, 1.82) is 0 Å². The van der Waals surface area contributed by atoms with Crippen molar-refractivity contribution in [3.63, 3.8) is 0 Å². The highest BCUT2D eigenvalue weighted by Crippen LogP contribution is 2.30. The molecule has 1 aromatic carbocycles. The predicted molar refractivity (Wildman–Crippen MR) is 84.1 cm³/mol. The van der Waals surface area contributed by atoms with Crippen molar-refractivity contribution in [3.8, 4) is 11.5 Å². The highest BCUT2D eigenvalue weighted by atomic mass is 16.5. The molecule has 0 saturated carbocycles. The summed E-state index contributed by atoms with van der Waals surface area (Å²) in [5.74, 6) is 1.28. The fourth-order valence-electron chi connectivity index (χ4n) is 2.16. The van der Waals surface area contributed by atoms with Gasteiger partial charge in [0.15, 0.2) is 11.5 Å². The van der Waals surface area contributed by atoms with Gasteiger partial charge in [0.2, 0.25) is 0 Å². The van der Waals surface area contributed by atoms with Crippen molar-refractivity contribution in [1.82, 2.24) is 0 Å². The SMILES string of the molecule is CCCCCCCOCC(O)c1ccc(OC)c(OC)c1. The minimum absolute atomic E-state index is 0.309. The maximum atomic E-state index is 10.1. The van der Waals surface area contributed by atoms with Crippen LogP contribution < -0.4 is 9.47 Å². The number of unbranched alkanes of at least 4 members (excludes halogenated alkanes) is 4. The summed E-state index contributed by atoms with van der Waals surface area (Å²) >= 11 is 0. The maximum absolute atomic E-state index is 10.1. The smallest absolute Gasteiger partial charge is 0.161 e. The quantitative estimate of drug-likeness (QED) is 0.632. The molecule has 0 aliphatic heterocycles. The van der Waals surface area contributed by atoms with Gasteiger partial charge in [-0.2, -0.15) is 0 Å². The zero-order chi connectivity index (χ0) is 15.5. The summed E-state index contributed by atoms with van der Waals surface area (Å²) in [6, 6.07) is 5.41. The van der Waals surface area contributed by atoms with Crippen LogP contribution in [0.5, 0.6) is 11.5 Å². The van der Waals surface area contributed by atoms with E-state index in [0.29, 0.717) is 24.7 Å². The lowest BCUT2D eigenvalue weighted by atomic mass is 10.1. The molecule has 1 N–H and O–H groups in total. The van der Waals surface area contributed by atoms with E-state index >= 15 is 0 Å². The largest absolute Gasteiger partial charge is 0.493 e. The van der Waals surface area contributed by atoms with Crippen LogP contribution in [0.1, 0.15) is 50.7 Å². The van der Waals surface area contributed by atoms with Crippen molar-refractivity contribution in [3.05, 3.63) is 23.8 Å². The molecule has 21 heavy (non-hydrogen) atoms. The van der Waals surface area contributed by atoms with Crippen LogP contribution in [-0.2, 0) is 4.74 Å². The van der Waals surface area contributed by atoms with Gasteiger partial charge in [-0.15, -0.1) is 0 Å². The lowest BCUT2D eigenvalue weighted by Crippen LogP contribution is -2.08. The van der Waals surface area contributed by atoms with E-state index in [-0.39, 0.29) is 0 Å². The van der Waals surface area contributed by atoms with Crippen LogP contribution in [0.15, 0.2) is 18.2 Å². The lowest BCUT2D eigenvalue weighted by molar-refractivity contribution is 0.0343. The molecule has 0 aliphatic carbocycles. The molecule has 4 heteroatoms. The maximum Gasteiger partial charge on any atom is 0.161 e. The van der Waals surface area contributed by atoms with E-state index in [1.165, 1.54) is 25.7 Å². The Bertz CT molecular complexity index is 392. The van der Waals surface area contributed by atoms with Crippen LogP contribution in [0.4, 0.5) is 0 Å². The van der Waals surface area contributed by atoms with E-state index in [1.807, 2.05) is 6.07 Å². The minimum atomic E-state index is -0.638. The zero-order valence-corrected chi connectivity index (χ0v) is 13.4. The van der Waals surface area contributed by atoms with E-state index in [4.69, 9.17) is 14.2 Å². The number of aliphatic hydroxyl groups excluding tert-OH is 1. The molecule has 0 aromatic heterocycles. The highest BCUT2D eigenvalue weighted by molar-refractivity contribution is 5.43. The van der Waals surface area contributed by atoms with Crippen molar-refractivity contribution < 1.29 is 19.3 Å². The van der Waals surface area contributed by atoms with E-state index in [1.54, 1.807) is 26.4 Å². The van der Waals surface area contributed by atoms with Crippen LogP contribution >= 0.6 is 0 Å². The second-order valence-electron chi connectivity index (χ2n) is 5.12. The second kappa shape index (κ2) is 10.5. The average molecular weight is 296 g/mol. The normalized spacial score (nSPS) is 12.2. The molecule has 0 amide bonds. The summed E-state index contributed by atoms with van der Waals surface area (Å²) in [7, 11) is 3.18. The summed E-state index contributed by atoms with van der Waals surface area (Å²) < 4.78 is 15.9. The molecule has 0 aliphatic rings. The number of hydrogen-bond acceptors (Lipinski definition) is 4. The lowest BCUT2D eigenvalue weighted by Gasteiger charge is -2.14. The molecule has 0 spiro atoms. The summed E-state index contributed by atoms with van der Waals surface area (Å²) in [4.78, 5) is 0. The topological polar surface area (TPSA) is 47.9 Å². The van der Waals surface area contributed by atoms with Gasteiger partial charge in [-0.05, 0) is 24.1 Å². The van der Waals surface area contributed by atoms with Gasteiger partial charge in [0.05, 0.1) is 20.8 Å². The number of hydrogen-bond donors (Lipinski definition) is 1. The Kier molecular flexibility index (Phi) is 8.87. The molecule has 4 nitrogen and oxygen atoms in total. The number of methoxy groups -OCH3 is 2. The molecule has 1 atom stereocenters. The van der Waals surface area contributed by atoms with Gasteiger partial charge in [0, 0.05) is 6.61 Å². The summed E-state index contributed by atoms with van der Waals surface area (Å²) in [6.45, 7) is 3.22. The molecule has 0 fully saturated rings. The van der Waals surface area contributed by atoms with E-state index in [9.17, 15) is 5.11 Å². The summed E-state index contributed by atoms with van der Waals surface area (Å²) in [5, 5.41) is 10.1. The van der Waals surface area contributed by atoms with Gasteiger partial charge in [-0.1, -0.05) is 38.7 Å². The third-order valence-electron chi connectivity index (χ3n) is 3.46. The first-order valence-corrected chi connectivity index (χ1v) is 7.70. The van der Waals surface area contributed by atoms with Crippen molar-refractivity contribution in [2.45, 2.75) is 45.1 Å². The van der Waals surface area contributed by atoms with Gasteiger partial charge >= 0.3 is 0 Å². The molecule has 1 aromatic rings. The Hall–Kier alpha value is -1.26. The van der Waals surface area contributed by atoms with Crippen molar-refractivity contribution >= 4 is 0 Å². The van der Waals surface area contributed by atoms with Crippen LogP contribution in [0.2, 0.25) is 0 Å². The third-order valence-corrected chi connectivity index (χ3v) is 3.46. The molecular weight excluding hydrogens is 268 g/mol. The standard InChI is InChI=1S/C17H28O4/c1-4-5-6-7-8-11-21-13-15(18)14-9-10-16(19-2)17(12-14)20-3/h9-10,12,15,18H,4-8,11,13H2,1-3H3. The number of benzene rings is 1. The fraction of sp³-hybridized carbons (Fsp3) is 0.647. The third kappa shape index (κ3) is 6.36.